The molecule has 2 heterocycles. The lowest BCUT2D eigenvalue weighted by atomic mass is 9.95. The molecule has 7 nitrogen and oxygen atoms in total. The number of nitrogens with one attached hydrogen (secondary N) is 1. The van der Waals surface area contributed by atoms with Gasteiger partial charge in [0.15, 0.2) is 5.82 Å². The number of rotatable bonds is 7. The fraction of sp³-hybridized carbons (Fsp3) is 0.391. The highest BCUT2D eigenvalue weighted by molar-refractivity contribution is 7.89. The summed E-state index contributed by atoms with van der Waals surface area (Å²) in [6.07, 6.45) is 3.48. The Morgan fingerprint density at radius 1 is 1.06 bits per heavy atom. The van der Waals surface area contributed by atoms with E-state index in [1.807, 2.05) is 24.3 Å². The van der Waals surface area contributed by atoms with Gasteiger partial charge >= 0.3 is 0 Å². The van der Waals surface area contributed by atoms with E-state index < -0.39 is 10.0 Å². The lowest BCUT2D eigenvalue weighted by Gasteiger charge is -2.31. The van der Waals surface area contributed by atoms with Gasteiger partial charge in [0, 0.05) is 24.2 Å². The summed E-state index contributed by atoms with van der Waals surface area (Å²) in [6, 6.07) is 16.3. The Morgan fingerprint density at radius 2 is 1.75 bits per heavy atom. The molecule has 2 aromatic carbocycles. The number of piperidine rings is 1. The molecule has 9 heteroatoms. The summed E-state index contributed by atoms with van der Waals surface area (Å²) in [6.45, 7) is 2.10. The van der Waals surface area contributed by atoms with E-state index in [1.54, 1.807) is 30.3 Å². The molecule has 0 spiro atoms. The van der Waals surface area contributed by atoms with E-state index in [-0.39, 0.29) is 11.5 Å². The van der Waals surface area contributed by atoms with E-state index in [1.165, 1.54) is 5.56 Å². The van der Waals surface area contributed by atoms with Gasteiger partial charge in [0.2, 0.25) is 15.9 Å². The average molecular weight is 473 g/mol. The molecule has 2 fully saturated rings. The van der Waals surface area contributed by atoms with Gasteiger partial charge in [-0.05, 0) is 55.5 Å². The summed E-state index contributed by atoms with van der Waals surface area (Å²) in [5.41, 5.74) is 1.01. The summed E-state index contributed by atoms with van der Waals surface area (Å²) in [5, 5.41) is 4.99. The molecule has 1 aliphatic heterocycles. The van der Waals surface area contributed by atoms with Gasteiger partial charge in [-0.3, -0.25) is 4.90 Å². The van der Waals surface area contributed by atoms with Crippen LogP contribution in [0.5, 0.6) is 0 Å². The summed E-state index contributed by atoms with van der Waals surface area (Å²) >= 11 is 6.02. The Balaban J connectivity index is 1.17. The minimum absolute atomic E-state index is 0.0747. The fourth-order valence-corrected chi connectivity index (χ4v) is 5.79. The quantitative estimate of drug-likeness (QED) is 0.563. The SMILES string of the molecule is O=S(=O)(NC1CCN(Cc2nc(C3(c4ccc(Cl)cc4)CC3)no2)CC1)c1ccccc1. The lowest BCUT2D eigenvalue weighted by Crippen LogP contribution is -2.44. The van der Waals surface area contributed by atoms with Crippen LogP contribution in [0, 0.1) is 0 Å². The lowest BCUT2D eigenvalue weighted by molar-refractivity contribution is 0.177. The van der Waals surface area contributed by atoms with E-state index in [2.05, 4.69) is 14.8 Å². The zero-order valence-corrected chi connectivity index (χ0v) is 19.1. The Hall–Kier alpha value is -2.26. The largest absolute Gasteiger partial charge is 0.338 e. The van der Waals surface area contributed by atoms with Crippen LogP contribution in [0.3, 0.4) is 0 Å². The predicted molar refractivity (Wildman–Crippen MR) is 121 cm³/mol. The molecule has 0 unspecified atom stereocenters. The Bertz CT molecular complexity index is 1170. The predicted octanol–water partition coefficient (Wildman–Crippen LogP) is 3.75. The average Bonchev–Trinajstić information content (AvgIpc) is 3.48. The first-order valence-electron chi connectivity index (χ1n) is 10.8. The standard InChI is InChI=1S/C23H25ClN4O3S/c24-18-8-6-17(7-9-18)23(12-13-23)22-25-21(31-26-22)16-28-14-10-19(11-15-28)27-32(29,30)20-4-2-1-3-5-20/h1-9,19,27H,10-16H2. The van der Waals surface area contributed by atoms with Crippen LogP contribution >= 0.6 is 11.6 Å². The van der Waals surface area contributed by atoms with Crippen LogP contribution in [0.25, 0.3) is 0 Å². The molecule has 1 saturated carbocycles. The summed E-state index contributed by atoms with van der Waals surface area (Å²) in [4.78, 5) is 7.22. The topological polar surface area (TPSA) is 88.3 Å². The summed E-state index contributed by atoms with van der Waals surface area (Å²) in [5.74, 6) is 1.34. The molecule has 2 aliphatic rings. The second kappa shape index (κ2) is 8.59. The minimum atomic E-state index is -3.49. The third-order valence-electron chi connectivity index (χ3n) is 6.36. The van der Waals surface area contributed by atoms with Gasteiger partial charge in [-0.2, -0.15) is 4.98 Å². The molecule has 3 aromatic rings. The Kier molecular flexibility index (Phi) is 5.79. The van der Waals surface area contributed by atoms with Gasteiger partial charge in [-0.25, -0.2) is 13.1 Å². The maximum atomic E-state index is 12.5. The number of hydrogen-bond acceptors (Lipinski definition) is 6. The summed E-state index contributed by atoms with van der Waals surface area (Å²) in [7, 11) is -3.49. The molecule has 0 radical (unpaired) electrons. The molecule has 1 aliphatic carbocycles. The van der Waals surface area contributed by atoms with Crippen LogP contribution < -0.4 is 4.72 Å². The molecule has 1 N–H and O–H groups in total. The first-order valence-corrected chi connectivity index (χ1v) is 12.7. The number of sulfonamides is 1. The summed E-state index contributed by atoms with van der Waals surface area (Å²) < 4.78 is 33.5. The van der Waals surface area contributed by atoms with Gasteiger partial charge in [0.1, 0.15) is 0 Å². The third-order valence-corrected chi connectivity index (χ3v) is 8.15. The second-order valence-electron chi connectivity index (χ2n) is 8.59. The first-order chi connectivity index (χ1) is 15.4. The van der Waals surface area contributed by atoms with Gasteiger partial charge < -0.3 is 4.52 Å². The number of benzene rings is 2. The molecule has 5 rings (SSSR count). The monoisotopic (exact) mass is 472 g/mol. The molecular formula is C23H25ClN4O3S. The molecule has 1 aromatic heterocycles. The van der Waals surface area contributed by atoms with Crippen molar-refractivity contribution in [1.82, 2.24) is 19.8 Å². The highest BCUT2D eigenvalue weighted by Gasteiger charge is 2.50. The minimum Gasteiger partial charge on any atom is -0.338 e. The van der Waals surface area contributed by atoms with Crippen LogP contribution in [-0.4, -0.2) is 42.6 Å². The Morgan fingerprint density at radius 3 is 2.41 bits per heavy atom. The van der Waals surface area contributed by atoms with Crippen molar-refractivity contribution < 1.29 is 12.9 Å². The van der Waals surface area contributed by atoms with Crippen molar-refractivity contribution in [3.05, 3.63) is 76.9 Å². The van der Waals surface area contributed by atoms with Gasteiger partial charge in [-0.1, -0.05) is 47.1 Å². The third kappa shape index (κ3) is 4.45. The number of likely N-dealkylation sites (tertiary alicyclic amines) is 1. The van der Waals surface area contributed by atoms with Crippen molar-refractivity contribution in [2.24, 2.45) is 0 Å². The van der Waals surface area contributed by atoms with Crippen molar-refractivity contribution >= 4 is 21.6 Å². The zero-order valence-electron chi connectivity index (χ0n) is 17.6. The van der Waals surface area contributed by atoms with Crippen molar-refractivity contribution in [3.63, 3.8) is 0 Å². The van der Waals surface area contributed by atoms with Crippen LogP contribution in [-0.2, 0) is 22.0 Å². The van der Waals surface area contributed by atoms with Crippen molar-refractivity contribution in [2.75, 3.05) is 13.1 Å². The number of halogens is 1. The van der Waals surface area contributed by atoms with Gasteiger partial charge in [0.25, 0.3) is 0 Å². The molecule has 0 amide bonds. The maximum absolute atomic E-state index is 12.5. The van der Waals surface area contributed by atoms with Crippen molar-refractivity contribution in [3.8, 4) is 0 Å². The van der Waals surface area contributed by atoms with E-state index in [4.69, 9.17) is 21.1 Å². The first kappa shape index (κ1) is 21.6. The smallest absolute Gasteiger partial charge is 0.240 e. The molecule has 1 saturated heterocycles. The Labute approximate surface area is 192 Å². The number of hydrogen-bond donors (Lipinski definition) is 1. The maximum Gasteiger partial charge on any atom is 0.240 e. The molecule has 0 bridgehead atoms. The molecule has 0 atom stereocenters. The normalized spacial score (nSPS) is 19.2. The van der Waals surface area contributed by atoms with Crippen LogP contribution in [0.15, 0.2) is 64.0 Å². The number of nitrogens with zero attached hydrogens (tertiary/aromatic N) is 3. The van der Waals surface area contributed by atoms with Gasteiger partial charge in [0.05, 0.1) is 16.9 Å². The zero-order chi connectivity index (χ0) is 22.2. The molecule has 32 heavy (non-hydrogen) atoms. The second-order valence-corrected chi connectivity index (χ2v) is 10.7. The van der Waals surface area contributed by atoms with Crippen molar-refractivity contribution in [1.29, 1.82) is 0 Å². The van der Waals surface area contributed by atoms with E-state index in [0.717, 1.165) is 44.6 Å². The fourth-order valence-electron chi connectivity index (χ4n) is 4.34. The molecule has 168 valence electrons. The van der Waals surface area contributed by atoms with Gasteiger partial charge in [-0.15, -0.1) is 0 Å². The van der Waals surface area contributed by atoms with Crippen LogP contribution in [0.4, 0.5) is 0 Å². The molecular weight excluding hydrogens is 448 g/mol. The van der Waals surface area contributed by atoms with E-state index >= 15 is 0 Å². The van der Waals surface area contributed by atoms with Crippen LogP contribution in [0.1, 0.15) is 43.0 Å². The van der Waals surface area contributed by atoms with Crippen LogP contribution in [0.2, 0.25) is 5.02 Å². The highest BCUT2D eigenvalue weighted by Crippen LogP contribution is 2.52. The highest BCUT2D eigenvalue weighted by atomic mass is 35.5. The number of aromatic nitrogens is 2. The van der Waals surface area contributed by atoms with E-state index in [0.29, 0.717) is 22.4 Å². The van der Waals surface area contributed by atoms with Crippen molar-refractivity contribution in [2.45, 2.75) is 48.6 Å². The van der Waals surface area contributed by atoms with E-state index in [9.17, 15) is 8.42 Å².